The lowest BCUT2D eigenvalue weighted by molar-refractivity contribution is -0.155. The van der Waals surface area contributed by atoms with Crippen molar-refractivity contribution in [2.24, 2.45) is 5.92 Å². The average molecular weight is 644 g/mol. The normalized spacial score (nSPS) is 17.3. The monoisotopic (exact) mass is 643 g/mol. The topological polar surface area (TPSA) is 162 Å². The van der Waals surface area contributed by atoms with E-state index in [4.69, 9.17) is 29.1 Å². The van der Waals surface area contributed by atoms with Gasteiger partial charge in [0.15, 0.2) is 0 Å². The maximum absolute atomic E-state index is 12.4. The predicted octanol–water partition coefficient (Wildman–Crippen LogP) is 5.48. The van der Waals surface area contributed by atoms with Crippen LogP contribution in [0.5, 0.6) is 5.75 Å². The highest BCUT2D eigenvalue weighted by Gasteiger charge is 2.34. The molecule has 2 fully saturated rings. The number of alkyl carbamates (subject to hydrolysis) is 1. The number of amidine groups is 1. The van der Waals surface area contributed by atoms with Crippen molar-refractivity contribution in [1.82, 2.24) is 10.6 Å². The first-order valence-corrected chi connectivity index (χ1v) is 15.5. The molecular weight excluding hydrogens is 606 g/mol. The van der Waals surface area contributed by atoms with E-state index in [2.05, 4.69) is 10.6 Å². The third-order valence-corrected chi connectivity index (χ3v) is 7.91. The molecule has 0 radical (unpaired) electrons. The SMILES string of the molecule is N=C(NC(=O)OCc1ccccc1)c1ccc(-c2ccc(OC[C@@H]3C[C@@H](CC(=O)OCOC(=O)OC4CCCC4)C(=O)N3)cc2)cc1. The largest absolute Gasteiger partial charge is 0.511 e. The van der Waals surface area contributed by atoms with E-state index in [9.17, 15) is 19.2 Å². The Morgan fingerprint density at radius 1 is 0.851 bits per heavy atom. The maximum Gasteiger partial charge on any atom is 0.511 e. The lowest BCUT2D eigenvalue weighted by Crippen LogP contribution is -2.31. The van der Waals surface area contributed by atoms with Gasteiger partial charge in [-0.1, -0.05) is 66.7 Å². The van der Waals surface area contributed by atoms with Crippen LogP contribution in [0.25, 0.3) is 11.1 Å². The molecule has 3 aromatic carbocycles. The van der Waals surface area contributed by atoms with Crippen molar-refractivity contribution in [2.45, 2.75) is 57.3 Å². The fourth-order valence-electron chi connectivity index (χ4n) is 5.40. The van der Waals surface area contributed by atoms with E-state index in [1.54, 1.807) is 12.1 Å². The molecule has 1 aliphatic heterocycles. The van der Waals surface area contributed by atoms with Gasteiger partial charge in [0.1, 0.15) is 30.9 Å². The molecule has 0 unspecified atom stereocenters. The Bertz CT molecular complexity index is 1540. The molecule has 2 atom stereocenters. The van der Waals surface area contributed by atoms with Crippen LogP contribution in [0.4, 0.5) is 9.59 Å². The first-order chi connectivity index (χ1) is 22.8. The average Bonchev–Trinajstić information content (AvgIpc) is 3.72. The van der Waals surface area contributed by atoms with E-state index >= 15 is 0 Å². The second-order valence-corrected chi connectivity index (χ2v) is 11.4. The highest BCUT2D eigenvalue weighted by molar-refractivity contribution is 6.04. The molecule has 47 heavy (non-hydrogen) atoms. The quantitative estimate of drug-likeness (QED) is 0.0763. The summed E-state index contributed by atoms with van der Waals surface area (Å²) in [6, 6.07) is 23.6. The number of ether oxygens (including phenoxy) is 5. The van der Waals surface area contributed by atoms with Crippen molar-refractivity contribution >= 4 is 30.0 Å². The van der Waals surface area contributed by atoms with E-state index in [-0.39, 0.29) is 43.5 Å². The zero-order valence-corrected chi connectivity index (χ0v) is 25.8. The molecule has 12 nitrogen and oxygen atoms in total. The second kappa shape index (κ2) is 16.3. The van der Waals surface area contributed by atoms with Crippen molar-refractivity contribution in [2.75, 3.05) is 13.4 Å². The van der Waals surface area contributed by atoms with Crippen molar-refractivity contribution in [3.63, 3.8) is 0 Å². The van der Waals surface area contributed by atoms with Gasteiger partial charge in [-0.3, -0.25) is 20.3 Å². The number of benzene rings is 3. The Morgan fingerprint density at radius 3 is 2.23 bits per heavy atom. The minimum atomic E-state index is -0.865. The van der Waals surface area contributed by atoms with Gasteiger partial charge in [-0.2, -0.15) is 0 Å². The molecule has 2 amide bonds. The molecular formula is C35H37N3O9. The molecule has 12 heteroatoms. The van der Waals surface area contributed by atoms with E-state index in [1.165, 1.54) is 0 Å². The van der Waals surface area contributed by atoms with E-state index < -0.39 is 30.9 Å². The third kappa shape index (κ3) is 10.1. The van der Waals surface area contributed by atoms with Gasteiger partial charge in [0.2, 0.25) is 12.7 Å². The van der Waals surface area contributed by atoms with E-state index in [0.29, 0.717) is 17.7 Å². The standard InChI is InChI=1S/C35H37N3O9/c36-32(38-34(41)44-20-23-6-2-1-3-7-23)26-12-10-24(11-13-26)25-14-16-29(17-15-25)43-21-28-18-27(33(40)37-28)19-31(39)45-22-46-35(42)47-30-8-4-5-9-30/h1-3,6-7,10-17,27-28,30H,4-5,8-9,18-22H2,(H,37,40)(H2,36,38,41)/t27-,28-/m0/s1. The Labute approximate surface area is 272 Å². The van der Waals surface area contributed by atoms with Gasteiger partial charge in [-0.05, 0) is 60.9 Å². The van der Waals surface area contributed by atoms with Gasteiger partial charge in [0, 0.05) is 5.56 Å². The number of hydrogen-bond acceptors (Lipinski definition) is 10. The van der Waals surface area contributed by atoms with Gasteiger partial charge in [-0.25, -0.2) is 9.59 Å². The Balaban J connectivity index is 1.00. The number of rotatable bonds is 12. The summed E-state index contributed by atoms with van der Waals surface area (Å²) in [5, 5.41) is 13.5. The number of esters is 1. The molecule has 5 rings (SSSR count). The summed E-state index contributed by atoms with van der Waals surface area (Å²) in [7, 11) is 0. The number of amides is 2. The number of carbonyl (C=O) groups excluding carboxylic acids is 4. The van der Waals surface area contributed by atoms with Gasteiger partial charge in [0.25, 0.3) is 0 Å². The van der Waals surface area contributed by atoms with Crippen LogP contribution in [0, 0.1) is 11.3 Å². The predicted molar refractivity (Wildman–Crippen MR) is 169 cm³/mol. The molecule has 3 aromatic rings. The number of carbonyl (C=O) groups is 4. The summed E-state index contributed by atoms with van der Waals surface area (Å²) >= 11 is 0. The van der Waals surface area contributed by atoms with Crippen molar-refractivity contribution in [3.05, 3.63) is 90.0 Å². The molecule has 1 aliphatic carbocycles. The lowest BCUT2D eigenvalue weighted by atomic mass is 10.0. The zero-order valence-electron chi connectivity index (χ0n) is 25.8. The minimum Gasteiger partial charge on any atom is -0.491 e. The summed E-state index contributed by atoms with van der Waals surface area (Å²) in [5.74, 6) is -0.920. The fraction of sp³-hybridized carbons (Fsp3) is 0.343. The molecule has 1 saturated heterocycles. The smallest absolute Gasteiger partial charge is 0.491 e. The highest BCUT2D eigenvalue weighted by Crippen LogP contribution is 2.25. The van der Waals surface area contributed by atoms with Crippen LogP contribution >= 0.6 is 0 Å². The minimum absolute atomic E-state index is 0.0677. The molecule has 0 spiro atoms. The highest BCUT2D eigenvalue weighted by atomic mass is 16.8. The molecule has 2 aliphatic rings. The van der Waals surface area contributed by atoms with Crippen LogP contribution in [0.3, 0.4) is 0 Å². The number of nitrogens with one attached hydrogen (secondary N) is 3. The van der Waals surface area contributed by atoms with Crippen LogP contribution < -0.4 is 15.4 Å². The zero-order chi connectivity index (χ0) is 33.0. The Hall–Kier alpha value is -5.39. The summed E-state index contributed by atoms with van der Waals surface area (Å²) < 4.78 is 26.0. The van der Waals surface area contributed by atoms with Crippen LogP contribution in [0.15, 0.2) is 78.9 Å². The summed E-state index contributed by atoms with van der Waals surface area (Å²) in [5.41, 5.74) is 3.22. The summed E-state index contributed by atoms with van der Waals surface area (Å²) in [6.45, 7) is -0.217. The second-order valence-electron chi connectivity index (χ2n) is 11.4. The Morgan fingerprint density at radius 2 is 1.53 bits per heavy atom. The van der Waals surface area contributed by atoms with Crippen LogP contribution in [-0.4, -0.2) is 55.5 Å². The molecule has 1 saturated carbocycles. The van der Waals surface area contributed by atoms with Crippen LogP contribution in [0.1, 0.15) is 49.7 Å². The van der Waals surface area contributed by atoms with Crippen LogP contribution in [0.2, 0.25) is 0 Å². The van der Waals surface area contributed by atoms with Crippen LogP contribution in [-0.2, 0) is 35.1 Å². The van der Waals surface area contributed by atoms with E-state index in [0.717, 1.165) is 42.4 Å². The maximum atomic E-state index is 12.4. The van der Waals surface area contributed by atoms with Crippen molar-refractivity contribution < 1.29 is 42.9 Å². The molecule has 1 heterocycles. The van der Waals surface area contributed by atoms with E-state index in [1.807, 2.05) is 66.7 Å². The van der Waals surface area contributed by atoms with Crippen molar-refractivity contribution in [3.8, 4) is 16.9 Å². The van der Waals surface area contributed by atoms with Gasteiger partial charge >= 0.3 is 18.2 Å². The lowest BCUT2D eigenvalue weighted by Gasteiger charge is -2.13. The fourth-order valence-corrected chi connectivity index (χ4v) is 5.40. The Kier molecular flexibility index (Phi) is 11.4. The van der Waals surface area contributed by atoms with Gasteiger partial charge in [0.05, 0.1) is 18.4 Å². The van der Waals surface area contributed by atoms with Crippen molar-refractivity contribution in [1.29, 1.82) is 5.41 Å². The third-order valence-electron chi connectivity index (χ3n) is 7.91. The molecule has 0 aromatic heterocycles. The van der Waals surface area contributed by atoms with Gasteiger partial charge in [-0.15, -0.1) is 0 Å². The summed E-state index contributed by atoms with van der Waals surface area (Å²) in [4.78, 5) is 48.3. The number of hydrogen-bond donors (Lipinski definition) is 3. The summed E-state index contributed by atoms with van der Waals surface area (Å²) in [6.07, 6.45) is 2.19. The molecule has 3 N–H and O–H groups in total. The van der Waals surface area contributed by atoms with Gasteiger partial charge < -0.3 is 29.0 Å². The first-order valence-electron chi connectivity index (χ1n) is 15.5. The molecule has 246 valence electrons. The molecule has 0 bridgehead atoms. The first kappa shape index (κ1) is 33.0.